The van der Waals surface area contributed by atoms with Gasteiger partial charge in [-0.25, -0.2) is 5.43 Å². The van der Waals surface area contributed by atoms with Gasteiger partial charge in [0.2, 0.25) is 0 Å². The molecule has 2 aromatic rings. The van der Waals surface area contributed by atoms with E-state index in [0.717, 1.165) is 24.2 Å². The van der Waals surface area contributed by atoms with E-state index in [-0.39, 0.29) is 11.3 Å². The van der Waals surface area contributed by atoms with Crippen molar-refractivity contribution in [3.63, 3.8) is 0 Å². The molecule has 0 spiro atoms. The van der Waals surface area contributed by atoms with Crippen LogP contribution in [-0.2, 0) is 0 Å². The molecule has 1 amide bonds. The van der Waals surface area contributed by atoms with Crippen LogP contribution in [0, 0.1) is 6.92 Å². The maximum absolute atomic E-state index is 12.0. The first-order chi connectivity index (χ1) is 11.6. The summed E-state index contributed by atoms with van der Waals surface area (Å²) in [5.41, 5.74) is 5.95. The SMILES string of the molecule is Cc1cc(N2CCCC2)ccc1/C=N/NC(=O)c1ccccc1O. The predicted molar refractivity (Wildman–Crippen MR) is 95.8 cm³/mol. The lowest BCUT2D eigenvalue weighted by Gasteiger charge is -2.18. The molecular weight excluding hydrogens is 302 g/mol. The second-order valence-electron chi connectivity index (χ2n) is 5.95. The minimum atomic E-state index is -0.435. The Morgan fingerprint density at radius 1 is 1.21 bits per heavy atom. The summed E-state index contributed by atoms with van der Waals surface area (Å²) in [6.07, 6.45) is 4.13. The van der Waals surface area contributed by atoms with Gasteiger partial charge in [-0.1, -0.05) is 18.2 Å². The van der Waals surface area contributed by atoms with Crippen LogP contribution in [0.2, 0.25) is 0 Å². The van der Waals surface area contributed by atoms with Gasteiger partial charge in [-0.05, 0) is 55.2 Å². The van der Waals surface area contributed by atoms with Gasteiger partial charge in [0.05, 0.1) is 11.8 Å². The number of phenols is 1. The van der Waals surface area contributed by atoms with Gasteiger partial charge in [-0.15, -0.1) is 0 Å². The molecule has 1 aliphatic rings. The van der Waals surface area contributed by atoms with E-state index >= 15 is 0 Å². The van der Waals surface area contributed by atoms with Crippen LogP contribution in [0.1, 0.15) is 34.3 Å². The van der Waals surface area contributed by atoms with E-state index in [1.165, 1.54) is 24.6 Å². The minimum absolute atomic E-state index is 0.0589. The Bertz CT molecular complexity index is 765. The largest absolute Gasteiger partial charge is 0.507 e. The summed E-state index contributed by atoms with van der Waals surface area (Å²) in [4.78, 5) is 14.4. The molecule has 1 saturated heterocycles. The van der Waals surface area contributed by atoms with Gasteiger partial charge in [0.1, 0.15) is 5.75 Å². The Balaban J connectivity index is 1.66. The molecule has 0 aromatic heterocycles. The first-order valence-corrected chi connectivity index (χ1v) is 8.12. The van der Waals surface area contributed by atoms with Gasteiger partial charge < -0.3 is 10.0 Å². The molecule has 2 aromatic carbocycles. The fourth-order valence-electron chi connectivity index (χ4n) is 2.86. The fourth-order valence-corrected chi connectivity index (χ4v) is 2.86. The van der Waals surface area contributed by atoms with Crippen LogP contribution in [0.5, 0.6) is 5.75 Å². The van der Waals surface area contributed by atoms with Crippen molar-refractivity contribution in [2.75, 3.05) is 18.0 Å². The number of rotatable bonds is 4. The minimum Gasteiger partial charge on any atom is -0.507 e. The lowest BCUT2D eigenvalue weighted by atomic mass is 10.1. The highest BCUT2D eigenvalue weighted by molar-refractivity contribution is 5.97. The maximum atomic E-state index is 12.0. The van der Waals surface area contributed by atoms with Crippen molar-refractivity contribution >= 4 is 17.8 Å². The Labute approximate surface area is 141 Å². The fraction of sp³-hybridized carbons (Fsp3) is 0.263. The Morgan fingerprint density at radius 2 is 1.96 bits per heavy atom. The summed E-state index contributed by atoms with van der Waals surface area (Å²) in [5.74, 6) is -0.493. The monoisotopic (exact) mass is 323 g/mol. The highest BCUT2D eigenvalue weighted by Crippen LogP contribution is 2.22. The second kappa shape index (κ2) is 7.17. The van der Waals surface area contributed by atoms with Gasteiger partial charge in [0.25, 0.3) is 5.91 Å². The molecule has 5 heteroatoms. The van der Waals surface area contributed by atoms with Crippen LogP contribution in [0.4, 0.5) is 5.69 Å². The molecule has 124 valence electrons. The normalized spacial score (nSPS) is 14.3. The van der Waals surface area contributed by atoms with Gasteiger partial charge in [0, 0.05) is 18.8 Å². The van der Waals surface area contributed by atoms with Crippen molar-refractivity contribution in [1.82, 2.24) is 5.43 Å². The molecule has 0 saturated carbocycles. The maximum Gasteiger partial charge on any atom is 0.275 e. The summed E-state index contributed by atoms with van der Waals surface area (Å²) in [6, 6.07) is 12.6. The zero-order valence-corrected chi connectivity index (χ0v) is 13.7. The average Bonchev–Trinajstić information content (AvgIpc) is 3.11. The van der Waals surface area contributed by atoms with Gasteiger partial charge in [0.15, 0.2) is 0 Å². The van der Waals surface area contributed by atoms with E-state index in [9.17, 15) is 9.90 Å². The third-order valence-corrected chi connectivity index (χ3v) is 4.24. The lowest BCUT2D eigenvalue weighted by Crippen LogP contribution is -2.18. The molecule has 0 aliphatic carbocycles. The number of phenolic OH excluding ortho intramolecular Hbond substituents is 1. The molecule has 1 fully saturated rings. The van der Waals surface area contributed by atoms with E-state index in [1.807, 2.05) is 13.0 Å². The van der Waals surface area contributed by atoms with E-state index in [1.54, 1.807) is 24.4 Å². The van der Waals surface area contributed by atoms with Crippen LogP contribution in [0.15, 0.2) is 47.6 Å². The molecule has 0 unspecified atom stereocenters. The van der Waals surface area contributed by atoms with Crippen molar-refractivity contribution in [2.45, 2.75) is 19.8 Å². The number of amides is 1. The zero-order chi connectivity index (χ0) is 16.9. The number of para-hydroxylation sites is 1. The smallest absolute Gasteiger partial charge is 0.275 e. The number of nitrogens with zero attached hydrogens (tertiary/aromatic N) is 2. The van der Waals surface area contributed by atoms with Crippen molar-refractivity contribution in [3.05, 3.63) is 59.2 Å². The summed E-state index contributed by atoms with van der Waals surface area (Å²) >= 11 is 0. The molecule has 0 atom stereocenters. The molecule has 0 radical (unpaired) electrons. The molecule has 3 rings (SSSR count). The third-order valence-electron chi connectivity index (χ3n) is 4.24. The highest BCUT2D eigenvalue weighted by atomic mass is 16.3. The number of hydrogen-bond donors (Lipinski definition) is 2. The van der Waals surface area contributed by atoms with Crippen LogP contribution in [-0.4, -0.2) is 30.3 Å². The number of carbonyl (C=O) groups is 1. The number of aromatic hydroxyl groups is 1. The van der Waals surface area contributed by atoms with E-state index in [2.05, 4.69) is 27.6 Å². The molecule has 1 aliphatic heterocycles. The molecule has 0 bridgehead atoms. The van der Waals surface area contributed by atoms with Gasteiger partial charge in [-0.2, -0.15) is 5.10 Å². The van der Waals surface area contributed by atoms with Crippen LogP contribution < -0.4 is 10.3 Å². The number of hydrogen-bond acceptors (Lipinski definition) is 4. The third kappa shape index (κ3) is 3.56. The Hall–Kier alpha value is -2.82. The Kier molecular flexibility index (Phi) is 4.79. The van der Waals surface area contributed by atoms with Crippen LogP contribution in [0.3, 0.4) is 0 Å². The van der Waals surface area contributed by atoms with Crippen molar-refractivity contribution < 1.29 is 9.90 Å². The van der Waals surface area contributed by atoms with E-state index in [4.69, 9.17) is 0 Å². The number of carbonyl (C=O) groups excluding carboxylic acids is 1. The highest BCUT2D eigenvalue weighted by Gasteiger charge is 2.13. The van der Waals surface area contributed by atoms with E-state index in [0.29, 0.717) is 0 Å². The number of nitrogens with one attached hydrogen (secondary N) is 1. The summed E-state index contributed by atoms with van der Waals surface area (Å²) in [6.45, 7) is 4.26. The second-order valence-corrected chi connectivity index (χ2v) is 5.95. The molecular formula is C19H21N3O2. The topological polar surface area (TPSA) is 64.9 Å². The lowest BCUT2D eigenvalue weighted by molar-refractivity contribution is 0.0952. The number of aryl methyl sites for hydroxylation is 1. The summed E-state index contributed by atoms with van der Waals surface area (Å²) in [7, 11) is 0. The van der Waals surface area contributed by atoms with Crippen molar-refractivity contribution in [3.8, 4) is 5.75 Å². The molecule has 5 nitrogen and oxygen atoms in total. The van der Waals surface area contributed by atoms with Crippen molar-refractivity contribution in [1.29, 1.82) is 0 Å². The number of anilines is 1. The number of benzene rings is 2. The zero-order valence-electron chi connectivity index (χ0n) is 13.7. The quantitative estimate of drug-likeness (QED) is 0.671. The standard InChI is InChI=1S/C19H21N3O2/c1-14-12-16(22-10-4-5-11-22)9-8-15(14)13-20-21-19(24)17-6-2-3-7-18(17)23/h2-3,6-9,12-13,23H,4-5,10-11H2,1H3,(H,21,24)/b20-13+. The Morgan fingerprint density at radius 3 is 2.67 bits per heavy atom. The predicted octanol–water partition coefficient (Wildman–Crippen LogP) is 3.06. The summed E-state index contributed by atoms with van der Waals surface area (Å²) < 4.78 is 0. The first kappa shape index (κ1) is 16.1. The molecule has 2 N–H and O–H groups in total. The van der Waals surface area contributed by atoms with Crippen LogP contribution in [0.25, 0.3) is 0 Å². The number of hydrazone groups is 1. The van der Waals surface area contributed by atoms with Gasteiger partial charge in [-0.3, -0.25) is 4.79 Å². The molecule has 24 heavy (non-hydrogen) atoms. The van der Waals surface area contributed by atoms with Crippen LogP contribution >= 0.6 is 0 Å². The van der Waals surface area contributed by atoms with Gasteiger partial charge >= 0.3 is 0 Å². The van der Waals surface area contributed by atoms with E-state index < -0.39 is 5.91 Å². The molecule has 1 heterocycles. The van der Waals surface area contributed by atoms with Crippen molar-refractivity contribution in [2.24, 2.45) is 5.10 Å². The summed E-state index contributed by atoms with van der Waals surface area (Å²) in [5, 5.41) is 13.7. The first-order valence-electron chi connectivity index (χ1n) is 8.12. The average molecular weight is 323 g/mol.